The number of carbonyl (C=O) groups excluding carboxylic acids is 1. The van der Waals surface area contributed by atoms with Gasteiger partial charge in [-0.3, -0.25) is 9.59 Å². The second kappa shape index (κ2) is 5.38. The number of amides is 1. The van der Waals surface area contributed by atoms with Gasteiger partial charge in [-0.1, -0.05) is 27.2 Å². The largest absolute Gasteiger partial charge is 0.480 e. The molecule has 0 aliphatic heterocycles. The molecule has 2 aliphatic carbocycles. The number of hydrogen-bond acceptors (Lipinski definition) is 2. The molecule has 4 heteroatoms. The maximum Gasteiger partial charge on any atom is 0.319 e. The van der Waals surface area contributed by atoms with E-state index in [0.29, 0.717) is 18.3 Å². The monoisotopic (exact) mass is 281 g/mol. The van der Waals surface area contributed by atoms with E-state index in [2.05, 4.69) is 26.1 Å². The van der Waals surface area contributed by atoms with E-state index < -0.39 is 11.4 Å². The molecule has 0 heterocycles. The van der Waals surface area contributed by atoms with Gasteiger partial charge in [0, 0.05) is 6.04 Å². The molecule has 0 aromatic carbocycles. The van der Waals surface area contributed by atoms with Crippen LogP contribution in [0.5, 0.6) is 0 Å². The van der Waals surface area contributed by atoms with Crippen molar-refractivity contribution in [3.8, 4) is 0 Å². The smallest absolute Gasteiger partial charge is 0.319 e. The maximum atomic E-state index is 12.1. The van der Waals surface area contributed by atoms with Gasteiger partial charge < -0.3 is 10.4 Å². The quantitative estimate of drug-likeness (QED) is 0.761. The lowest BCUT2D eigenvalue weighted by atomic mass is 9.69. The third-order valence-corrected chi connectivity index (χ3v) is 5.67. The zero-order valence-electron chi connectivity index (χ0n) is 12.9. The minimum absolute atomic E-state index is 0.170. The molecule has 0 aromatic heterocycles. The van der Waals surface area contributed by atoms with Crippen molar-refractivity contribution in [3.05, 3.63) is 0 Å². The minimum atomic E-state index is -1.10. The Morgan fingerprint density at radius 1 is 1.20 bits per heavy atom. The fourth-order valence-corrected chi connectivity index (χ4v) is 3.29. The maximum absolute atomic E-state index is 12.1. The lowest BCUT2D eigenvalue weighted by molar-refractivity contribution is -0.149. The first-order chi connectivity index (χ1) is 9.32. The average Bonchev–Trinajstić information content (AvgIpc) is 3.21. The predicted octanol–water partition coefficient (Wildman–Crippen LogP) is 2.96. The Hall–Kier alpha value is -1.06. The van der Waals surface area contributed by atoms with Gasteiger partial charge in [-0.2, -0.15) is 0 Å². The van der Waals surface area contributed by atoms with Gasteiger partial charge in [0.1, 0.15) is 5.41 Å². The second-order valence-corrected chi connectivity index (χ2v) is 7.25. The Kier molecular flexibility index (Phi) is 4.12. The van der Waals surface area contributed by atoms with Crippen molar-refractivity contribution in [2.45, 2.75) is 71.8 Å². The zero-order valence-corrected chi connectivity index (χ0v) is 12.9. The Labute approximate surface area is 121 Å². The molecule has 4 nitrogen and oxygen atoms in total. The van der Waals surface area contributed by atoms with Crippen LogP contribution in [0.3, 0.4) is 0 Å². The van der Waals surface area contributed by atoms with Gasteiger partial charge in [-0.15, -0.1) is 0 Å². The first-order valence-corrected chi connectivity index (χ1v) is 7.86. The number of carboxylic acids is 1. The van der Waals surface area contributed by atoms with Crippen LogP contribution in [0.15, 0.2) is 0 Å². The summed E-state index contributed by atoms with van der Waals surface area (Å²) in [7, 11) is 0. The minimum Gasteiger partial charge on any atom is -0.480 e. The van der Waals surface area contributed by atoms with Gasteiger partial charge in [0.05, 0.1) is 0 Å². The van der Waals surface area contributed by atoms with Crippen LogP contribution in [0.2, 0.25) is 0 Å². The molecule has 2 aliphatic rings. The van der Waals surface area contributed by atoms with E-state index in [1.165, 1.54) is 6.42 Å². The van der Waals surface area contributed by atoms with Crippen LogP contribution in [-0.2, 0) is 9.59 Å². The van der Waals surface area contributed by atoms with Gasteiger partial charge in [-0.05, 0) is 49.9 Å². The van der Waals surface area contributed by atoms with Crippen LogP contribution in [0, 0.1) is 16.7 Å². The van der Waals surface area contributed by atoms with Gasteiger partial charge in [0.15, 0.2) is 0 Å². The van der Waals surface area contributed by atoms with Gasteiger partial charge in [-0.25, -0.2) is 0 Å². The van der Waals surface area contributed by atoms with E-state index in [1.54, 1.807) is 0 Å². The molecule has 0 saturated heterocycles. The Bertz CT molecular complexity index is 391. The fraction of sp³-hybridized carbons (Fsp3) is 0.875. The van der Waals surface area contributed by atoms with Crippen molar-refractivity contribution in [1.82, 2.24) is 5.32 Å². The van der Waals surface area contributed by atoms with Crippen molar-refractivity contribution >= 4 is 11.9 Å². The van der Waals surface area contributed by atoms with Crippen molar-refractivity contribution in [3.63, 3.8) is 0 Å². The molecule has 0 unspecified atom stereocenters. The van der Waals surface area contributed by atoms with E-state index in [9.17, 15) is 9.59 Å². The summed E-state index contributed by atoms with van der Waals surface area (Å²) in [6.07, 6.45) is 6.39. The first-order valence-electron chi connectivity index (χ1n) is 7.86. The van der Waals surface area contributed by atoms with Crippen molar-refractivity contribution in [2.75, 3.05) is 0 Å². The summed E-state index contributed by atoms with van der Waals surface area (Å²) in [5, 5.41) is 12.1. The Balaban J connectivity index is 1.83. The van der Waals surface area contributed by atoms with Crippen LogP contribution in [0.1, 0.15) is 65.7 Å². The van der Waals surface area contributed by atoms with Gasteiger partial charge in [0.25, 0.3) is 0 Å². The molecule has 2 fully saturated rings. The standard InChI is InChI=1S/C16H27NO3/c1-4-15(2,3)11-5-7-12(8-6-11)17-13(18)16(9-10-16)14(19)20/h11-12H,4-10H2,1-3H3,(H,17,18)(H,19,20). The first kappa shape index (κ1) is 15.3. The zero-order chi connectivity index (χ0) is 15.0. The molecule has 20 heavy (non-hydrogen) atoms. The molecule has 114 valence electrons. The number of nitrogens with one attached hydrogen (secondary N) is 1. The highest BCUT2D eigenvalue weighted by Crippen LogP contribution is 2.46. The predicted molar refractivity (Wildman–Crippen MR) is 77.3 cm³/mol. The van der Waals surface area contributed by atoms with E-state index in [4.69, 9.17) is 5.11 Å². The number of aliphatic carboxylic acids is 1. The summed E-state index contributed by atoms with van der Waals surface area (Å²) in [5.74, 6) is -0.506. The molecule has 2 saturated carbocycles. The third kappa shape index (κ3) is 2.84. The molecule has 0 bridgehead atoms. The Morgan fingerprint density at radius 3 is 2.15 bits per heavy atom. The van der Waals surface area contributed by atoms with E-state index in [0.717, 1.165) is 31.6 Å². The van der Waals surface area contributed by atoms with Crippen LogP contribution < -0.4 is 5.32 Å². The highest BCUT2D eigenvalue weighted by molar-refractivity contribution is 6.04. The molecule has 2 rings (SSSR count). The van der Waals surface area contributed by atoms with E-state index >= 15 is 0 Å². The number of hydrogen-bond donors (Lipinski definition) is 2. The number of carbonyl (C=O) groups is 2. The highest BCUT2D eigenvalue weighted by atomic mass is 16.4. The second-order valence-electron chi connectivity index (χ2n) is 7.25. The lowest BCUT2D eigenvalue weighted by Crippen LogP contribution is -2.45. The summed E-state index contributed by atoms with van der Waals surface area (Å²) in [5.41, 5.74) is -0.729. The molecule has 2 N–H and O–H groups in total. The third-order valence-electron chi connectivity index (χ3n) is 5.67. The molecular weight excluding hydrogens is 254 g/mol. The summed E-state index contributed by atoms with van der Waals surface area (Å²) >= 11 is 0. The summed E-state index contributed by atoms with van der Waals surface area (Å²) in [6.45, 7) is 6.87. The van der Waals surface area contributed by atoms with Crippen LogP contribution in [-0.4, -0.2) is 23.0 Å². The van der Waals surface area contributed by atoms with Crippen LogP contribution >= 0.6 is 0 Å². The van der Waals surface area contributed by atoms with Crippen molar-refractivity contribution < 1.29 is 14.7 Å². The number of rotatable bonds is 5. The Morgan fingerprint density at radius 2 is 1.75 bits per heavy atom. The highest BCUT2D eigenvalue weighted by Gasteiger charge is 2.57. The average molecular weight is 281 g/mol. The molecule has 0 spiro atoms. The molecule has 0 aromatic rings. The normalized spacial score (nSPS) is 28.8. The van der Waals surface area contributed by atoms with Crippen LogP contribution in [0.4, 0.5) is 0 Å². The van der Waals surface area contributed by atoms with Gasteiger partial charge >= 0.3 is 5.97 Å². The number of carboxylic acid groups (broad SMARTS) is 1. The van der Waals surface area contributed by atoms with Crippen molar-refractivity contribution in [2.24, 2.45) is 16.7 Å². The summed E-state index contributed by atoms with van der Waals surface area (Å²) in [4.78, 5) is 23.2. The summed E-state index contributed by atoms with van der Waals surface area (Å²) in [6, 6.07) is 0.170. The molecular formula is C16H27NO3. The van der Waals surface area contributed by atoms with Crippen molar-refractivity contribution in [1.29, 1.82) is 0 Å². The molecule has 0 atom stereocenters. The lowest BCUT2D eigenvalue weighted by Gasteiger charge is -2.39. The fourth-order valence-electron chi connectivity index (χ4n) is 3.29. The topological polar surface area (TPSA) is 66.4 Å². The van der Waals surface area contributed by atoms with E-state index in [1.807, 2.05) is 0 Å². The van der Waals surface area contributed by atoms with Crippen LogP contribution in [0.25, 0.3) is 0 Å². The molecule has 1 amide bonds. The van der Waals surface area contributed by atoms with E-state index in [-0.39, 0.29) is 11.9 Å². The SMILES string of the molecule is CCC(C)(C)C1CCC(NC(=O)C2(C(=O)O)CC2)CC1. The van der Waals surface area contributed by atoms with Gasteiger partial charge in [0.2, 0.25) is 5.91 Å². The molecule has 0 radical (unpaired) electrons. The summed E-state index contributed by atoms with van der Waals surface area (Å²) < 4.78 is 0.